The number of hydrogen-bond donors (Lipinski definition) is 1. The van der Waals surface area contributed by atoms with Gasteiger partial charge in [0.15, 0.2) is 0 Å². The quantitative estimate of drug-likeness (QED) is 0.489. The zero-order valence-electron chi connectivity index (χ0n) is 5.73. The van der Waals surface area contributed by atoms with Gasteiger partial charge in [-0.15, -0.1) is 0 Å². The van der Waals surface area contributed by atoms with E-state index in [1.165, 1.54) is 0 Å². The Balaban J connectivity index is -0.0000000150. The maximum Gasteiger partial charge on any atom is 2.00 e. The maximum absolute atomic E-state index is 8.06. The van der Waals surface area contributed by atoms with Crippen LogP contribution in [-0.2, 0) is 0 Å². The summed E-state index contributed by atoms with van der Waals surface area (Å²) in [5.74, 6) is 0. The first-order valence-corrected chi connectivity index (χ1v) is 1.41. The van der Waals surface area contributed by atoms with Crippen LogP contribution in [0.25, 0.3) is 0 Å². The normalized spacial score (nSPS) is 7.20. The first-order chi connectivity index (χ1) is 1.73. The molecule has 0 aliphatic rings. The topological polar surface area (TPSA) is 20.2 Å². The molecule has 0 heterocycles. The molecule has 0 aromatic heterocycles. The zero-order valence-corrected chi connectivity index (χ0v) is 7.21. The van der Waals surface area contributed by atoms with Gasteiger partial charge in [-0.05, 0) is 13.8 Å². The molecule has 0 saturated heterocycles. The monoisotopic (exact) mass is 150 g/mol. The van der Waals surface area contributed by atoms with Crippen molar-refractivity contribution < 1.29 is 7.96 Å². The smallest absolute Gasteiger partial charge is 1.00 e. The molecule has 30 valence electrons. The van der Waals surface area contributed by atoms with Gasteiger partial charge in [0.05, 0.1) is 0 Å². The van der Waals surface area contributed by atoms with Crippen LogP contribution in [0, 0.1) is 0 Å². The van der Waals surface area contributed by atoms with Crippen LogP contribution >= 0.6 is 0 Å². The van der Waals surface area contributed by atoms with Crippen molar-refractivity contribution in [1.82, 2.24) is 0 Å². The van der Waals surface area contributed by atoms with E-state index in [0.29, 0.717) is 0 Å². The zero-order chi connectivity index (χ0) is 3.58. The summed E-state index contributed by atoms with van der Waals surface area (Å²) >= 11 is 0. The van der Waals surface area contributed by atoms with Crippen molar-refractivity contribution in [3.8, 4) is 0 Å². The fourth-order valence-corrected chi connectivity index (χ4v) is 0. The van der Waals surface area contributed by atoms with Gasteiger partial charge >= 0.3 is 45.5 Å². The molecule has 0 aliphatic carbocycles. The first kappa shape index (κ1) is 9.67. The second-order valence-corrected chi connectivity index (χ2v) is 1.09. The molecule has 0 radical (unpaired) electrons. The molecule has 1 N–H and O–H groups in total. The molecular weight excluding hydrogens is 140 g/mol. The molecule has 2 heteroatoms. The molecule has 0 aromatic rings. The van der Waals surface area contributed by atoms with Gasteiger partial charge in [0.2, 0.25) is 0 Å². The predicted octanol–water partition coefficient (Wildman–Crippen LogP) is 0.231. The van der Waals surface area contributed by atoms with E-state index in [1.807, 2.05) is 0 Å². The Bertz CT molecular complexity index is 17.7. The van der Waals surface area contributed by atoms with Crippen LogP contribution in [0.3, 0.4) is 0 Å². The van der Waals surface area contributed by atoms with E-state index in [9.17, 15) is 0 Å². The van der Waals surface area contributed by atoms with Crippen LogP contribution in [0.2, 0.25) is 0 Å². The van der Waals surface area contributed by atoms with Gasteiger partial charge in [-0.3, -0.25) is 0 Å². The minimum absolute atomic E-state index is 0. The third kappa shape index (κ3) is 31.0. The molecule has 0 bridgehead atoms. The van der Waals surface area contributed by atoms with Gasteiger partial charge in [-0.1, -0.05) is 0 Å². The predicted molar refractivity (Wildman–Crippen MR) is 25.3 cm³/mol. The van der Waals surface area contributed by atoms with Gasteiger partial charge in [0.25, 0.3) is 0 Å². The van der Waals surface area contributed by atoms with Crippen LogP contribution in [-0.4, -0.2) is 56.7 Å². The van der Waals surface area contributed by atoms with Crippen LogP contribution in [0.1, 0.15) is 16.7 Å². The summed E-state index contributed by atoms with van der Waals surface area (Å²) in [6, 6.07) is 0. The molecule has 5 heavy (non-hydrogen) atoms. The van der Waals surface area contributed by atoms with Crippen molar-refractivity contribution in [2.24, 2.45) is 0 Å². The fourth-order valence-electron chi connectivity index (χ4n) is 0. The fraction of sp³-hybridized carbons (Fsp3) is 1.00. The second-order valence-electron chi connectivity index (χ2n) is 1.09. The van der Waals surface area contributed by atoms with Gasteiger partial charge in [-0.2, -0.15) is 0 Å². The molecule has 0 saturated carbocycles. The molecular formula is C3H10OSr. The number of rotatable bonds is 0. The van der Waals surface area contributed by atoms with Gasteiger partial charge in [0.1, 0.15) is 0 Å². The van der Waals surface area contributed by atoms with Crippen LogP contribution < -0.4 is 0 Å². The summed E-state index contributed by atoms with van der Waals surface area (Å²) in [4.78, 5) is 0. The van der Waals surface area contributed by atoms with Gasteiger partial charge in [0, 0.05) is 6.10 Å². The molecule has 0 atom stereocenters. The van der Waals surface area contributed by atoms with E-state index >= 15 is 0 Å². The summed E-state index contributed by atoms with van der Waals surface area (Å²) < 4.78 is 0. The molecule has 0 amide bonds. The molecule has 0 aromatic carbocycles. The van der Waals surface area contributed by atoms with E-state index in [1.54, 1.807) is 13.8 Å². The standard InChI is InChI=1S/C3H8O.Sr.2H/c1-3(2)4;;;/h3-4H,1-2H3;;;/q;+2;2*-1. The summed E-state index contributed by atoms with van der Waals surface area (Å²) in [5, 5.41) is 8.06. The van der Waals surface area contributed by atoms with Crippen molar-refractivity contribution in [2.45, 2.75) is 20.0 Å². The summed E-state index contributed by atoms with van der Waals surface area (Å²) in [6.07, 6.45) is -0.167. The van der Waals surface area contributed by atoms with Gasteiger partial charge in [-0.25, -0.2) is 0 Å². The van der Waals surface area contributed by atoms with Crippen molar-refractivity contribution >= 4 is 45.5 Å². The first-order valence-electron chi connectivity index (χ1n) is 1.41. The Morgan fingerprint density at radius 2 is 1.60 bits per heavy atom. The average Bonchev–Trinajstić information content (AvgIpc) is 0.811. The molecule has 0 aliphatic heterocycles. The van der Waals surface area contributed by atoms with Crippen molar-refractivity contribution in [2.75, 3.05) is 0 Å². The molecule has 0 rings (SSSR count). The van der Waals surface area contributed by atoms with Crippen molar-refractivity contribution in [3.05, 3.63) is 0 Å². The molecule has 1 nitrogen and oxygen atoms in total. The molecule has 0 fully saturated rings. The van der Waals surface area contributed by atoms with Crippen molar-refractivity contribution in [1.29, 1.82) is 0 Å². The van der Waals surface area contributed by atoms with Crippen LogP contribution in [0.4, 0.5) is 0 Å². The van der Waals surface area contributed by atoms with Crippen molar-refractivity contribution in [3.63, 3.8) is 0 Å². The Labute approximate surface area is 72.6 Å². The minimum atomic E-state index is -0.167. The Kier molecular flexibility index (Phi) is 10.5. The molecule has 0 spiro atoms. The van der Waals surface area contributed by atoms with Crippen LogP contribution in [0.5, 0.6) is 0 Å². The van der Waals surface area contributed by atoms with E-state index in [4.69, 9.17) is 5.11 Å². The SMILES string of the molecule is CC(C)O.[H-].[H-].[Sr+2]. The Morgan fingerprint density at radius 3 is 1.60 bits per heavy atom. The van der Waals surface area contributed by atoms with Gasteiger partial charge < -0.3 is 7.96 Å². The Hall–Kier alpha value is 1.44. The van der Waals surface area contributed by atoms with Crippen LogP contribution in [0.15, 0.2) is 0 Å². The summed E-state index contributed by atoms with van der Waals surface area (Å²) in [6.45, 7) is 3.44. The van der Waals surface area contributed by atoms with E-state index in [0.717, 1.165) is 0 Å². The van der Waals surface area contributed by atoms with E-state index in [2.05, 4.69) is 0 Å². The molecule has 0 unspecified atom stereocenters. The number of aliphatic hydroxyl groups is 1. The third-order valence-electron chi connectivity index (χ3n) is 0. The summed E-state index contributed by atoms with van der Waals surface area (Å²) in [7, 11) is 0. The largest absolute Gasteiger partial charge is 2.00 e. The van der Waals surface area contributed by atoms with E-state index < -0.39 is 0 Å². The Morgan fingerprint density at radius 1 is 1.60 bits per heavy atom. The van der Waals surface area contributed by atoms with E-state index in [-0.39, 0.29) is 54.4 Å². The number of hydrogen-bond acceptors (Lipinski definition) is 1. The minimum Gasteiger partial charge on any atom is -1.00 e. The second kappa shape index (κ2) is 5.44. The average molecular weight is 150 g/mol. The summed E-state index contributed by atoms with van der Waals surface area (Å²) in [5.41, 5.74) is 0. The number of aliphatic hydroxyl groups excluding tert-OH is 1. The maximum atomic E-state index is 8.06. The third-order valence-corrected chi connectivity index (χ3v) is 0.